The largest absolute Gasteiger partial charge is 0.497 e. The first kappa shape index (κ1) is 19.7. The zero-order valence-corrected chi connectivity index (χ0v) is 18.0. The minimum atomic E-state index is -0.238. The van der Waals surface area contributed by atoms with Crippen molar-refractivity contribution < 1.29 is 14.4 Å². The highest BCUT2D eigenvalue weighted by molar-refractivity contribution is 7.15. The van der Waals surface area contributed by atoms with Gasteiger partial charge in [-0.15, -0.1) is 11.3 Å². The summed E-state index contributed by atoms with van der Waals surface area (Å²) in [6.07, 6.45) is 1.73. The fraction of sp³-hybridized carbons (Fsp3) is 0.350. The third kappa shape index (κ3) is 3.16. The average molecular weight is 434 g/mol. The molecular formula is C20H22ClN4O3S+. The second kappa shape index (κ2) is 7.68. The monoisotopic (exact) mass is 433 g/mol. The van der Waals surface area contributed by atoms with Crippen molar-refractivity contribution in [1.82, 2.24) is 9.55 Å². The van der Waals surface area contributed by atoms with Gasteiger partial charge < -0.3 is 9.84 Å². The molecule has 152 valence electrons. The molecule has 7 nitrogen and oxygen atoms in total. The number of ether oxygens (including phenoxy) is 1. The van der Waals surface area contributed by atoms with Crippen LogP contribution in [0.2, 0.25) is 4.47 Å². The minimum absolute atomic E-state index is 0.0321. The Balaban J connectivity index is 1.99. The van der Waals surface area contributed by atoms with Gasteiger partial charge in [-0.25, -0.2) is 14.3 Å². The molecule has 1 unspecified atom stereocenters. The standard InChI is InChI=1S/C20H21ClN4O3S/c1-4-23-11-14(15-10-22-19(21)29-15)25-18(27)16(17(26)24(5-2)20(23)25)12-6-8-13(28-3)9-7-12/h6-10,14H,4-5,11H2,1-3H3/p+1. The topological polar surface area (TPSA) is 71.5 Å². The first-order chi connectivity index (χ1) is 14.0. The molecule has 0 bridgehead atoms. The number of halogens is 1. The van der Waals surface area contributed by atoms with Gasteiger partial charge in [0.15, 0.2) is 10.5 Å². The van der Waals surface area contributed by atoms with Crippen molar-refractivity contribution in [2.75, 3.05) is 25.1 Å². The van der Waals surface area contributed by atoms with E-state index in [4.69, 9.17) is 16.3 Å². The van der Waals surface area contributed by atoms with Crippen molar-refractivity contribution >= 4 is 28.9 Å². The number of thiazole rings is 1. The Kier molecular flexibility index (Phi) is 5.23. The molecule has 1 atom stereocenters. The highest BCUT2D eigenvalue weighted by Crippen LogP contribution is 2.36. The van der Waals surface area contributed by atoms with E-state index in [1.807, 2.05) is 13.8 Å². The normalized spacial score (nSPS) is 15.6. The highest BCUT2D eigenvalue weighted by atomic mass is 35.5. The molecule has 0 fully saturated rings. The summed E-state index contributed by atoms with van der Waals surface area (Å²) in [4.78, 5) is 20.8. The van der Waals surface area contributed by atoms with Gasteiger partial charge in [-0.3, -0.25) is 4.90 Å². The number of fused-ring (bicyclic) bond motifs is 1. The zero-order chi connectivity index (χ0) is 20.7. The molecule has 0 amide bonds. The maximum absolute atomic E-state index is 13.6. The Morgan fingerprint density at radius 1 is 1.34 bits per heavy atom. The maximum Gasteiger partial charge on any atom is 0.366 e. The van der Waals surface area contributed by atoms with E-state index in [2.05, 4.69) is 9.88 Å². The second-order valence-electron chi connectivity index (χ2n) is 6.72. The molecule has 1 N–H and O–H groups in total. The van der Waals surface area contributed by atoms with E-state index in [1.54, 1.807) is 46.7 Å². The van der Waals surface area contributed by atoms with Crippen LogP contribution in [-0.4, -0.2) is 34.9 Å². The molecule has 9 heteroatoms. The van der Waals surface area contributed by atoms with Gasteiger partial charge in [-0.1, -0.05) is 23.7 Å². The number of anilines is 1. The van der Waals surface area contributed by atoms with Gasteiger partial charge >= 0.3 is 11.5 Å². The molecule has 1 aromatic carbocycles. The molecule has 1 aliphatic heterocycles. The third-order valence-electron chi connectivity index (χ3n) is 5.26. The molecule has 3 aromatic rings. The first-order valence-electron chi connectivity index (χ1n) is 9.42. The molecule has 0 radical (unpaired) electrons. The second-order valence-corrected chi connectivity index (χ2v) is 8.36. The van der Waals surface area contributed by atoms with E-state index in [1.165, 1.54) is 11.3 Å². The Morgan fingerprint density at radius 2 is 2.07 bits per heavy atom. The van der Waals surface area contributed by atoms with Crippen molar-refractivity contribution in [1.29, 1.82) is 0 Å². The molecule has 0 spiro atoms. The van der Waals surface area contributed by atoms with Crippen molar-refractivity contribution in [2.45, 2.75) is 26.4 Å². The number of likely N-dealkylation sites (N-methyl/N-ethyl adjacent to an activating group) is 1. The summed E-state index contributed by atoms with van der Waals surface area (Å²) in [5.74, 6) is 1.35. The van der Waals surface area contributed by atoms with E-state index < -0.39 is 0 Å². The van der Waals surface area contributed by atoms with Crippen LogP contribution in [0.25, 0.3) is 11.1 Å². The number of nitrogens with zero attached hydrogens (tertiary/aromatic N) is 4. The lowest BCUT2D eigenvalue weighted by Crippen LogP contribution is -2.44. The molecule has 2 aromatic heterocycles. The van der Waals surface area contributed by atoms with Crippen molar-refractivity contribution in [3.63, 3.8) is 0 Å². The van der Waals surface area contributed by atoms with Crippen LogP contribution in [0.4, 0.5) is 5.95 Å². The molecule has 0 aliphatic carbocycles. The van der Waals surface area contributed by atoms with Crippen molar-refractivity contribution in [3.8, 4) is 22.8 Å². The quantitative estimate of drug-likeness (QED) is 0.626. The Hall–Kier alpha value is -2.58. The number of benzene rings is 1. The number of methoxy groups -OCH3 is 1. The molecular weight excluding hydrogens is 412 g/mol. The van der Waals surface area contributed by atoms with Gasteiger partial charge in [-0.05, 0) is 31.5 Å². The molecule has 1 aliphatic rings. The summed E-state index contributed by atoms with van der Waals surface area (Å²) in [5, 5.41) is 11.0. The van der Waals surface area contributed by atoms with Crippen LogP contribution < -0.4 is 19.8 Å². The molecule has 4 rings (SSSR count). The zero-order valence-electron chi connectivity index (χ0n) is 16.4. The smallest absolute Gasteiger partial charge is 0.366 e. The van der Waals surface area contributed by atoms with E-state index in [-0.39, 0.29) is 23.0 Å². The third-order valence-corrected chi connectivity index (χ3v) is 6.47. The Labute approximate surface area is 177 Å². The lowest BCUT2D eigenvalue weighted by Gasteiger charge is -2.15. The molecule has 0 saturated heterocycles. The van der Waals surface area contributed by atoms with Crippen LogP contribution in [0.5, 0.6) is 11.6 Å². The van der Waals surface area contributed by atoms with E-state index in [0.717, 1.165) is 4.88 Å². The summed E-state index contributed by atoms with van der Waals surface area (Å²) in [7, 11) is 1.59. The lowest BCUT2D eigenvalue weighted by atomic mass is 10.1. The van der Waals surface area contributed by atoms with Crippen LogP contribution in [-0.2, 0) is 6.54 Å². The van der Waals surface area contributed by atoms with Gasteiger partial charge in [0.05, 0.1) is 25.1 Å². The van der Waals surface area contributed by atoms with Crippen LogP contribution in [0.15, 0.2) is 35.3 Å². The number of rotatable bonds is 5. The summed E-state index contributed by atoms with van der Waals surface area (Å²) in [6.45, 7) is 5.84. The predicted molar refractivity (Wildman–Crippen MR) is 113 cm³/mol. The van der Waals surface area contributed by atoms with Crippen LogP contribution in [0, 0.1) is 0 Å². The van der Waals surface area contributed by atoms with Crippen LogP contribution >= 0.6 is 22.9 Å². The van der Waals surface area contributed by atoms with Gasteiger partial charge in [0.2, 0.25) is 0 Å². The van der Waals surface area contributed by atoms with E-state index in [0.29, 0.717) is 41.4 Å². The fourth-order valence-corrected chi connectivity index (χ4v) is 4.89. The summed E-state index contributed by atoms with van der Waals surface area (Å²) < 4.78 is 9.21. The Bertz CT molecular complexity index is 1110. The number of aromatic nitrogens is 3. The van der Waals surface area contributed by atoms with Crippen LogP contribution in [0.3, 0.4) is 0 Å². The maximum atomic E-state index is 13.6. The average Bonchev–Trinajstić information content (AvgIpc) is 3.32. The fourth-order valence-electron chi connectivity index (χ4n) is 3.85. The molecule has 29 heavy (non-hydrogen) atoms. The van der Waals surface area contributed by atoms with E-state index in [9.17, 15) is 9.90 Å². The number of hydrogen-bond acceptors (Lipinski definition) is 6. The highest BCUT2D eigenvalue weighted by Gasteiger charge is 2.43. The first-order valence-corrected chi connectivity index (χ1v) is 10.6. The Morgan fingerprint density at radius 3 is 2.62 bits per heavy atom. The summed E-state index contributed by atoms with van der Waals surface area (Å²) >= 11 is 7.44. The number of aromatic hydroxyl groups is 1. The lowest BCUT2D eigenvalue weighted by molar-refractivity contribution is -0.689. The van der Waals surface area contributed by atoms with Gasteiger partial charge in [0.25, 0.3) is 5.88 Å². The van der Waals surface area contributed by atoms with Crippen molar-refractivity contribution in [3.05, 3.63) is 50.2 Å². The molecule has 0 saturated carbocycles. The van der Waals surface area contributed by atoms with Crippen molar-refractivity contribution in [2.24, 2.45) is 0 Å². The summed E-state index contributed by atoms with van der Waals surface area (Å²) in [6, 6.07) is 6.92. The SMILES string of the molecule is CCN1CC(c2cnc(Cl)s2)n2c1[n+](CC)c(O)c(-c1ccc(OC)cc1)c2=O. The minimum Gasteiger partial charge on any atom is -0.497 e. The number of hydrogen-bond donors (Lipinski definition) is 1. The van der Waals surface area contributed by atoms with Gasteiger partial charge in [-0.2, -0.15) is 4.57 Å². The van der Waals surface area contributed by atoms with Gasteiger partial charge in [0.1, 0.15) is 17.9 Å². The summed E-state index contributed by atoms with van der Waals surface area (Å²) in [5.41, 5.74) is 0.677. The van der Waals surface area contributed by atoms with E-state index >= 15 is 0 Å². The van der Waals surface area contributed by atoms with Crippen LogP contribution in [0.1, 0.15) is 24.8 Å². The van der Waals surface area contributed by atoms with Gasteiger partial charge in [0, 0.05) is 6.20 Å². The predicted octanol–water partition coefficient (Wildman–Crippen LogP) is 3.08. The molecule has 3 heterocycles.